The van der Waals surface area contributed by atoms with Gasteiger partial charge in [0.15, 0.2) is 5.78 Å². The van der Waals surface area contributed by atoms with Crippen molar-refractivity contribution in [2.24, 2.45) is 0 Å². The van der Waals surface area contributed by atoms with E-state index in [1.54, 1.807) is 36.7 Å². The van der Waals surface area contributed by atoms with E-state index in [1.165, 1.54) is 20.8 Å². The summed E-state index contributed by atoms with van der Waals surface area (Å²) in [5.74, 6) is -0.480. The quantitative estimate of drug-likeness (QED) is 0.340. The molecule has 0 spiro atoms. The molecule has 9 heteroatoms. The van der Waals surface area contributed by atoms with Gasteiger partial charge in [0.1, 0.15) is 23.0 Å². The fourth-order valence-corrected chi connectivity index (χ4v) is 2.75. The minimum absolute atomic E-state index is 0.0173. The summed E-state index contributed by atoms with van der Waals surface area (Å²) in [6, 6.07) is 6.28. The summed E-state index contributed by atoms with van der Waals surface area (Å²) in [4.78, 5) is 54.5. The molecular weight excluding hydrogens is 426 g/mol. The average Bonchev–Trinajstić information content (AvgIpc) is 2.79. The number of hydrogen-bond donors (Lipinski definition) is 1. The van der Waals surface area contributed by atoms with Crippen molar-refractivity contribution in [2.75, 3.05) is 26.4 Å². The first kappa shape index (κ1) is 26.0. The van der Waals surface area contributed by atoms with Crippen molar-refractivity contribution in [2.45, 2.75) is 39.7 Å². The number of aromatic nitrogens is 2. The number of carbonyl (C=O) groups is 4. The van der Waals surface area contributed by atoms with Crippen molar-refractivity contribution >= 4 is 23.3 Å². The summed E-state index contributed by atoms with van der Waals surface area (Å²) in [7, 11) is 0. The molecule has 2 rings (SSSR count). The molecule has 0 aliphatic carbocycles. The SMILES string of the molecule is CC(=O)CCOCC(COCCC(C)=O)NC(=O)c1ccc(-c2ccc(C(C)=O)nc2)cn1. The normalized spacial score (nSPS) is 10.8. The minimum atomic E-state index is -0.471. The number of carbonyl (C=O) groups excluding carboxylic acids is 4. The standard InChI is InChI=1S/C24H29N3O6/c1-16(28)8-10-32-14-21(15-33-11-9-17(2)29)27-24(31)23-7-5-20(13-26-23)19-4-6-22(18(3)30)25-12-19/h4-7,12-13,21H,8-11,14-15H2,1-3H3,(H,27,31). The van der Waals surface area contributed by atoms with Crippen molar-refractivity contribution in [3.63, 3.8) is 0 Å². The molecular formula is C24H29N3O6. The maximum Gasteiger partial charge on any atom is 0.270 e. The third-order valence-electron chi connectivity index (χ3n) is 4.62. The van der Waals surface area contributed by atoms with E-state index in [-0.39, 0.29) is 62.3 Å². The Morgan fingerprint density at radius 1 is 0.788 bits per heavy atom. The number of amides is 1. The zero-order valence-corrected chi connectivity index (χ0v) is 19.1. The van der Waals surface area contributed by atoms with Gasteiger partial charge in [0, 0.05) is 43.3 Å². The van der Waals surface area contributed by atoms with Crippen molar-refractivity contribution in [1.29, 1.82) is 0 Å². The van der Waals surface area contributed by atoms with E-state index in [0.29, 0.717) is 5.69 Å². The Balaban J connectivity index is 1.97. The van der Waals surface area contributed by atoms with E-state index in [4.69, 9.17) is 9.47 Å². The van der Waals surface area contributed by atoms with Crippen LogP contribution in [0.5, 0.6) is 0 Å². The lowest BCUT2D eigenvalue weighted by molar-refractivity contribution is -0.118. The van der Waals surface area contributed by atoms with E-state index in [0.717, 1.165) is 11.1 Å². The van der Waals surface area contributed by atoms with E-state index in [9.17, 15) is 19.2 Å². The van der Waals surface area contributed by atoms with Gasteiger partial charge in [-0.25, -0.2) is 0 Å². The largest absolute Gasteiger partial charge is 0.379 e. The highest BCUT2D eigenvalue weighted by Crippen LogP contribution is 2.18. The number of hydrogen-bond acceptors (Lipinski definition) is 8. The number of pyridine rings is 2. The highest BCUT2D eigenvalue weighted by molar-refractivity contribution is 5.93. The third kappa shape index (κ3) is 9.38. The Morgan fingerprint density at radius 2 is 1.27 bits per heavy atom. The van der Waals surface area contributed by atoms with Crippen molar-refractivity contribution < 1.29 is 28.7 Å². The second-order valence-corrected chi connectivity index (χ2v) is 7.64. The predicted molar refractivity (Wildman–Crippen MR) is 121 cm³/mol. The maximum atomic E-state index is 12.7. The fourth-order valence-electron chi connectivity index (χ4n) is 2.75. The van der Waals surface area contributed by atoms with Crippen LogP contribution in [0.2, 0.25) is 0 Å². The van der Waals surface area contributed by atoms with Crippen LogP contribution in [0.3, 0.4) is 0 Å². The van der Waals surface area contributed by atoms with Gasteiger partial charge in [0.25, 0.3) is 5.91 Å². The number of ether oxygens (including phenoxy) is 2. The Hall–Kier alpha value is -3.30. The van der Waals surface area contributed by atoms with Gasteiger partial charge in [-0.15, -0.1) is 0 Å². The third-order valence-corrected chi connectivity index (χ3v) is 4.62. The van der Waals surface area contributed by atoms with Crippen molar-refractivity contribution in [3.05, 3.63) is 48.0 Å². The van der Waals surface area contributed by atoms with E-state index in [1.807, 2.05) is 0 Å². The highest BCUT2D eigenvalue weighted by Gasteiger charge is 2.16. The van der Waals surface area contributed by atoms with Crippen LogP contribution < -0.4 is 5.32 Å². The highest BCUT2D eigenvalue weighted by atomic mass is 16.5. The summed E-state index contributed by atoms with van der Waals surface area (Å²) < 4.78 is 11.0. The fraction of sp³-hybridized carbons (Fsp3) is 0.417. The van der Waals surface area contributed by atoms with Gasteiger partial charge in [-0.05, 0) is 26.0 Å². The lowest BCUT2D eigenvalue weighted by atomic mass is 10.1. The van der Waals surface area contributed by atoms with Crippen LogP contribution in [0.15, 0.2) is 36.7 Å². The minimum Gasteiger partial charge on any atom is -0.379 e. The maximum absolute atomic E-state index is 12.7. The van der Waals surface area contributed by atoms with Gasteiger partial charge in [-0.2, -0.15) is 0 Å². The zero-order chi connectivity index (χ0) is 24.2. The number of ketones is 3. The van der Waals surface area contributed by atoms with Gasteiger partial charge in [0.05, 0.1) is 32.5 Å². The molecule has 9 nitrogen and oxygen atoms in total. The molecule has 0 saturated heterocycles. The summed E-state index contributed by atoms with van der Waals surface area (Å²) in [5.41, 5.74) is 2.12. The van der Waals surface area contributed by atoms with Crippen LogP contribution in [-0.4, -0.2) is 65.7 Å². The average molecular weight is 456 g/mol. The molecule has 2 aromatic rings. The molecule has 0 atom stereocenters. The van der Waals surface area contributed by atoms with Crippen molar-refractivity contribution in [3.8, 4) is 11.1 Å². The molecule has 0 unspecified atom stereocenters. The molecule has 0 aliphatic rings. The lowest BCUT2D eigenvalue weighted by Crippen LogP contribution is -2.42. The number of rotatable bonds is 14. The second-order valence-electron chi connectivity index (χ2n) is 7.64. The molecule has 1 amide bonds. The molecule has 2 aromatic heterocycles. The number of nitrogens with one attached hydrogen (secondary N) is 1. The first-order valence-electron chi connectivity index (χ1n) is 10.6. The smallest absolute Gasteiger partial charge is 0.270 e. The molecule has 0 fully saturated rings. The first-order valence-corrected chi connectivity index (χ1v) is 10.6. The van der Waals surface area contributed by atoms with Gasteiger partial charge < -0.3 is 14.8 Å². The van der Waals surface area contributed by atoms with Gasteiger partial charge in [-0.3, -0.25) is 29.1 Å². The predicted octanol–water partition coefficient (Wildman–Crippen LogP) is 2.44. The van der Waals surface area contributed by atoms with Crippen molar-refractivity contribution in [1.82, 2.24) is 15.3 Å². The second kappa shape index (κ2) is 13.3. The van der Waals surface area contributed by atoms with Crippen LogP contribution in [0.25, 0.3) is 11.1 Å². The summed E-state index contributed by atoms with van der Waals surface area (Å²) >= 11 is 0. The van der Waals surface area contributed by atoms with Crippen LogP contribution in [-0.2, 0) is 19.1 Å². The molecule has 0 bridgehead atoms. The van der Waals surface area contributed by atoms with E-state index >= 15 is 0 Å². The zero-order valence-electron chi connectivity index (χ0n) is 19.1. The summed E-state index contributed by atoms with van der Waals surface area (Å²) in [5, 5.41) is 2.82. The number of Topliss-reactive ketones (excluding diaryl/α,β-unsaturated/α-hetero) is 3. The topological polar surface area (TPSA) is 125 Å². The molecule has 176 valence electrons. The Bertz CT molecular complexity index is 935. The Morgan fingerprint density at radius 3 is 1.67 bits per heavy atom. The lowest BCUT2D eigenvalue weighted by Gasteiger charge is -2.19. The van der Waals surface area contributed by atoms with Gasteiger partial charge >= 0.3 is 0 Å². The van der Waals surface area contributed by atoms with Crippen LogP contribution in [0, 0.1) is 0 Å². The first-order chi connectivity index (χ1) is 15.8. The Labute approximate surface area is 192 Å². The Kier molecular flexibility index (Phi) is 10.5. The molecule has 0 aromatic carbocycles. The van der Waals surface area contributed by atoms with Crippen LogP contribution in [0.4, 0.5) is 0 Å². The summed E-state index contributed by atoms with van der Waals surface area (Å²) in [6.07, 6.45) is 3.72. The monoisotopic (exact) mass is 455 g/mol. The molecule has 0 saturated carbocycles. The van der Waals surface area contributed by atoms with E-state index < -0.39 is 11.9 Å². The molecule has 33 heavy (non-hydrogen) atoms. The van der Waals surface area contributed by atoms with Crippen LogP contribution in [0.1, 0.15) is 54.6 Å². The summed E-state index contributed by atoms with van der Waals surface area (Å²) in [6.45, 7) is 5.23. The molecule has 0 radical (unpaired) electrons. The molecule has 2 heterocycles. The van der Waals surface area contributed by atoms with Gasteiger partial charge in [-0.1, -0.05) is 12.1 Å². The van der Waals surface area contributed by atoms with Crippen LogP contribution >= 0.6 is 0 Å². The number of nitrogens with zero attached hydrogens (tertiary/aromatic N) is 2. The molecule has 1 N–H and O–H groups in total. The van der Waals surface area contributed by atoms with E-state index in [2.05, 4.69) is 15.3 Å². The molecule has 0 aliphatic heterocycles. The van der Waals surface area contributed by atoms with Gasteiger partial charge in [0.2, 0.25) is 0 Å².